The van der Waals surface area contributed by atoms with Gasteiger partial charge in [-0.15, -0.1) is 0 Å². The molecule has 2 rings (SSSR count). The lowest BCUT2D eigenvalue weighted by molar-refractivity contribution is -0.142. The molecular weight excluding hydrogens is 316 g/mol. The molecule has 0 saturated heterocycles. The predicted molar refractivity (Wildman–Crippen MR) is 97.2 cm³/mol. The molecule has 1 atom stereocenters. The van der Waals surface area contributed by atoms with E-state index in [1.54, 1.807) is 14.0 Å². The first-order valence-corrected chi connectivity index (χ1v) is 8.25. The van der Waals surface area contributed by atoms with Crippen LogP contribution < -0.4 is 10.1 Å². The molecule has 0 aromatic heterocycles. The second kappa shape index (κ2) is 8.87. The van der Waals surface area contributed by atoms with Gasteiger partial charge < -0.3 is 15.0 Å². The highest BCUT2D eigenvalue weighted by Gasteiger charge is 2.25. The van der Waals surface area contributed by atoms with Gasteiger partial charge in [0, 0.05) is 13.6 Å². The molecule has 1 unspecified atom stereocenters. The molecule has 0 fully saturated rings. The average Bonchev–Trinajstić information content (AvgIpc) is 2.64. The van der Waals surface area contributed by atoms with Gasteiger partial charge in [0.2, 0.25) is 5.91 Å². The van der Waals surface area contributed by atoms with Crippen molar-refractivity contribution >= 4 is 11.8 Å². The summed E-state index contributed by atoms with van der Waals surface area (Å²) in [6, 6.07) is 16.5. The Kier molecular flexibility index (Phi) is 6.57. The van der Waals surface area contributed by atoms with Gasteiger partial charge in [-0.1, -0.05) is 42.5 Å². The zero-order valence-corrected chi connectivity index (χ0v) is 14.9. The molecular formula is C20H24N2O3. The minimum absolute atomic E-state index is 0.113. The van der Waals surface area contributed by atoms with Crippen LogP contribution in [0.3, 0.4) is 0 Å². The van der Waals surface area contributed by atoms with Crippen molar-refractivity contribution in [2.75, 3.05) is 13.7 Å². The minimum atomic E-state index is -0.584. The molecule has 0 radical (unpaired) electrons. The third-order valence-corrected chi connectivity index (χ3v) is 3.96. The summed E-state index contributed by atoms with van der Waals surface area (Å²) >= 11 is 0. The van der Waals surface area contributed by atoms with Crippen LogP contribution in [0, 0.1) is 6.92 Å². The van der Waals surface area contributed by atoms with Gasteiger partial charge in [0.1, 0.15) is 11.8 Å². The van der Waals surface area contributed by atoms with Crippen molar-refractivity contribution in [2.24, 2.45) is 0 Å². The Balaban J connectivity index is 2.10. The van der Waals surface area contributed by atoms with E-state index in [-0.39, 0.29) is 18.4 Å². The fourth-order valence-corrected chi connectivity index (χ4v) is 2.50. The van der Waals surface area contributed by atoms with E-state index >= 15 is 0 Å². The molecule has 0 spiro atoms. The van der Waals surface area contributed by atoms with Crippen LogP contribution in [0.5, 0.6) is 5.75 Å². The molecule has 0 heterocycles. The lowest BCUT2D eigenvalue weighted by Crippen LogP contribution is -2.48. The minimum Gasteiger partial charge on any atom is -0.484 e. The van der Waals surface area contributed by atoms with E-state index in [9.17, 15) is 9.59 Å². The van der Waals surface area contributed by atoms with Crippen LogP contribution in [0.4, 0.5) is 0 Å². The Morgan fingerprint density at radius 3 is 2.48 bits per heavy atom. The summed E-state index contributed by atoms with van der Waals surface area (Å²) in [5, 5.41) is 2.59. The first-order valence-electron chi connectivity index (χ1n) is 8.25. The molecule has 2 aromatic rings. The van der Waals surface area contributed by atoms with Crippen molar-refractivity contribution < 1.29 is 14.3 Å². The molecule has 132 valence electrons. The molecule has 0 aliphatic heterocycles. The molecule has 2 amide bonds. The predicted octanol–water partition coefficient (Wildman–Crippen LogP) is 2.54. The fourth-order valence-electron chi connectivity index (χ4n) is 2.50. The van der Waals surface area contributed by atoms with Gasteiger partial charge >= 0.3 is 0 Å². The van der Waals surface area contributed by atoms with Crippen molar-refractivity contribution in [1.82, 2.24) is 10.2 Å². The summed E-state index contributed by atoms with van der Waals surface area (Å²) in [5.41, 5.74) is 2.02. The number of likely N-dealkylation sites (N-methyl/N-ethyl adjacent to an activating group) is 1. The number of rotatable bonds is 7. The Hall–Kier alpha value is -2.82. The monoisotopic (exact) mass is 340 g/mol. The van der Waals surface area contributed by atoms with Gasteiger partial charge in [-0.25, -0.2) is 0 Å². The number of carbonyl (C=O) groups excluding carboxylic acids is 2. The van der Waals surface area contributed by atoms with Crippen LogP contribution in [0.2, 0.25) is 0 Å². The summed E-state index contributed by atoms with van der Waals surface area (Å²) in [5.74, 6) is 0.196. The van der Waals surface area contributed by atoms with Crippen molar-refractivity contribution in [2.45, 2.75) is 26.4 Å². The second-order valence-electron chi connectivity index (χ2n) is 5.90. The fraction of sp³-hybridized carbons (Fsp3) is 0.300. The molecule has 5 heteroatoms. The molecule has 0 aliphatic rings. The highest BCUT2D eigenvalue weighted by atomic mass is 16.5. The molecule has 0 bridgehead atoms. The molecule has 0 aliphatic carbocycles. The first-order chi connectivity index (χ1) is 12.0. The van der Waals surface area contributed by atoms with Crippen molar-refractivity contribution in [1.29, 1.82) is 0 Å². The Morgan fingerprint density at radius 1 is 1.12 bits per heavy atom. The van der Waals surface area contributed by atoms with Crippen LogP contribution in [0.1, 0.15) is 18.1 Å². The number of hydrogen-bond acceptors (Lipinski definition) is 3. The summed E-state index contributed by atoms with van der Waals surface area (Å²) in [7, 11) is 1.56. The topological polar surface area (TPSA) is 58.6 Å². The standard InChI is InChI=1S/C20H24N2O3/c1-15-8-7-11-18(12-15)25-14-19(23)22(16(2)20(24)21-3)13-17-9-5-4-6-10-17/h4-12,16H,13-14H2,1-3H3,(H,21,24). The van der Waals surface area contributed by atoms with Gasteiger partial charge in [-0.05, 0) is 37.1 Å². The lowest BCUT2D eigenvalue weighted by Gasteiger charge is -2.28. The van der Waals surface area contributed by atoms with Crippen LogP contribution >= 0.6 is 0 Å². The van der Waals surface area contributed by atoms with Crippen LogP contribution in [0.25, 0.3) is 0 Å². The van der Waals surface area contributed by atoms with Crippen molar-refractivity contribution in [3.05, 3.63) is 65.7 Å². The Bertz CT molecular complexity index is 716. The largest absolute Gasteiger partial charge is 0.484 e. The molecule has 2 aromatic carbocycles. The van der Waals surface area contributed by atoms with E-state index in [1.165, 1.54) is 4.90 Å². The number of carbonyl (C=O) groups is 2. The number of hydrogen-bond donors (Lipinski definition) is 1. The van der Waals surface area contributed by atoms with Crippen LogP contribution in [-0.4, -0.2) is 36.4 Å². The van der Waals surface area contributed by atoms with Gasteiger partial charge in [0.25, 0.3) is 5.91 Å². The average molecular weight is 340 g/mol. The van der Waals surface area contributed by atoms with E-state index in [1.807, 2.05) is 61.5 Å². The third-order valence-electron chi connectivity index (χ3n) is 3.96. The first kappa shape index (κ1) is 18.5. The van der Waals surface area contributed by atoms with E-state index in [4.69, 9.17) is 4.74 Å². The molecule has 25 heavy (non-hydrogen) atoms. The zero-order valence-electron chi connectivity index (χ0n) is 14.9. The maximum atomic E-state index is 12.7. The van der Waals surface area contributed by atoms with E-state index in [2.05, 4.69) is 5.32 Å². The molecule has 5 nitrogen and oxygen atoms in total. The highest BCUT2D eigenvalue weighted by molar-refractivity contribution is 5.87. The summed E-state index contributed by atoms with van der Waals surface area (Å²) in [4.78, 5) is 26.2. The smallest absolute Gasteiger partial charge is 0.261 e. The molecule has 0 saturated carbocycles. The van der Waals surface area contributed by atoms with Gasteiger partial charge in [0.15, 0.2) is 6.61 Å². The normalized spacial score (nSPS) is 11.5. The zero-order chi connectivity index (χ0) is 18.2. The van der Waals surface area contributed by atoms with Gasteiger partial charge in [-0.2, -0.15) is 0 Å². The lowest BCUT2D eigenvalue weighted by atomic mass is 10.1. The highest BCUT2D eigenvalue weighted by Crippen LogP contribution is 2.14. The van der Waals surface area contributed by atoms with Crippen LogP contribution in [-0.2, 0) is 16.1 Å². The number of ether oxygens (including phenoxy) is 1. The maximum Gasteiger partial charge on any atom is 0.261 e. The van der Waals surface area contributed by atoms with Crippen molar-refractivity contribution in [3.8, 4) is 5.75 Å². The number of nitrogens with one attached hydrogen (secondary N) is 1. The molecule has 1 N–H and O–H groups in total. The number of amides is 2. The van der Waals surface area contributed by atoms with Crippen molar-refractivity contribution in [3.63, 3.8) is 0 Å². The number of aryl methyl sites for hydroxylation is 1. The van der Waals surface area contributed by atoms with E-state index in [0.717, 1.165) is 11.1 Å². The third kappa shape index (κ3) is 5.35. The van der Waals surface area contributed by atoms with E-state index in [0.29, 0.717) is 12.3 Å². The number of benzene rings is 2. The van der Waals surface area contributed by atoms with Crippen LogP contribution in [0.15, 0.2) is 54.6 Å². The number of nitrogens with zero attached hydrogens (tertiary/aromatic N) is 1. The van der Waals surface area contributed by atoms with Gasteiger partial charge in [-0.3, -0.25) is 9.59 Å². The summed E-state index contributed by atoms with van der Waals surface area (Å²) in [6.45, 7) is 3.92. The summed E-state index contributed by atoms with van der Waals surface area (Å²) in [6.07, 6.45) is 0. The Labute approximate surface area is 148 Å². The maximum absolute atomic E-state index is 12.7. The van der Waals surface area contributed by atoms with Gasteiger partial charge in [0.05, 0.1) is 0 Å². The Morgan fingerprint density at radius 2 is 1.84 bits per heavy atom. The second-order valence-corrected chi connectivity index (χ2v) is 5.90. The quantitative estimate of drug-likeness (QED) is 0.843. The summed E-state index contributed by atoms with van der Waals surface area (Å²) < 4.78 is 5.61. The SMILES string of the molecule is CNC(=O)C(C)N(Cc1ccccc1)C(=O)COc1cccc(C)c1. The van der Waals surface area contributed by atoms with E-state index < -0.39 is 6.04 Å².